The van der Waals surface area contributed by atoms with Crippen molar-refractivity contribution in [2.45, 2.75) is 50.4 Å². The van der Waals surface area contributed by atoms with E-state index >= 15 is 0 Å². The first-order valence-corrected chi connectivity index (χ1v) is 9.42. The van der Waals surface area contributed by atoms with Gasteiger partial charge in [-0.25, -0.2) is 0 Å². The highest BCUT2D eigenvalue weighted by atomic mass is 35.5. The van der Waals surface area contributed by atoms with E-state index in [2.05, 4.69) is 4.98 Å². The Balaban J connectivity index is 1.76. The number of nitrogens with zero attached hydrogens (tertiary/aromatic N) is 2. The third-order valence-electron chi connectivity index (χ3n) is 5.95. The number of hydrogen-bond acceptors (Lipinski definition) is 4. The minimum atomic E-state index is -0.387. The van der Waals surface area contributed by atoms with Gasteiger partial charge in [-0.1, -0.05) is 11.6 Å². The van der Waals surface area contributed by atoms with Gasteiger partial charge in [-0.15, -0.1) is 0 Å². The Morgan fingerprint density at radius 2 is 2.19 bits per heavy atom. The highest BCUT2D eigenvalue weighted by Crippen LogP contribution is 2.43. The van der Waals surface area contributed by atoms with Crippen LogP contribution in [0.3, 0.4) is 0 Å². The molecule has 1 aliphatic carbocycles. The van der Waals surface area contributed by atoms with Gasteiger partial charge < -0.3 is 14.7 Å². The van der Waals surface area contributed by atoms with Crippen molar-refractivity contribution in [1.82, 2.24) is 9.88 Å². The molecule has 2 fully saturated rings. The second-order valence-electron chi connectivity index (χ2n) is 7.43. The molecule has 1 saturated carbocycles. The molecule has 2 unspecified atom stereocenters. The zero-order valence-corrected chi connectivity index (χ0v) is 15.8. The summed E-state index contributed by atoms with van der Waals surface area (Å²) < 4.78 is 5.86. The lowest BCUT2D eigenvalue weighted by Gasteiger charge is -2.42. The fraction of sp³-hybridized carbons (Fsp3) is 0.500. The molecule has 0 radical (unpaired) electrons. The normalized spacial score (nSPS) is 28.4. The van der Waals surface area contributed by atoms with E-state index in [4.69, 9.17) is 16.3 Å². The van der Waals surface area contributed by atoms with Gasteiger partial charge in [-0.05, 0) is 56.9 Å². The Morgan fingerprint density at radius 1 is 1.38 bits per heavy atom. The van der Waals surface area contributed by atoms with Crippen LogP contribution in [0.5, 0.6) is 0 Å². The maximum Gasteiger partial charge on any atom is 0.254 e. The number of fused-ring (bicyclic) bond motifs is 2. The monoisotopic (exact) mass is 374 g/mol. The maximum atomic E-state index is 13.5. The van der Waals surface area contributed by atoms with E-state index in [1.807, 2.05) is 24.0 Å². The van der Waals surface area contributed by atoms with Crippen LogP contribution in [0.1, 0.15) is 41.7 Å². The van der Waals surface area contributed by atoms with E-state index in [1.165, 1.54) is 0 Å². The largest absolute Gasteiger partial charge is 0.393 e. The second-order valence-corrected chi connectivity index (χ2v) is 7.87. The molecule has 3 atom stereocenters. The fourth-order valence-corrected chi connectivity index (χ4v) is 4.75. The summed E-state index contributed by atoms with van der Waals surface area (Å²) in [5.41, 5.74) is 1.83. The number of hydrogen-bond donors (Lipinski definition) is 1. The third kappa shape index (κ3) is 2.79. The number of halogens is 1. The number of aliphatic hydroxyl groups is 1. The molecule has 6 heteroatoms. The summed E-state index contributed by atoms with van der Waals surface area (Å²) in [5, 5.41) is 11.5. The van der Waals surface area contributed by atoms with E-state index in [0.29, 0.717) is 23.6 Å². The molecular formula is C20H23ClN2O3. The van der Waals surface area contributed by atoms with Crippen LogP contribution in [0.2, 0.25) is 5.02 Å². The van der Waals surface area contributed by atoms with Gasteiger partial charge in [0.25, 0.3) is 5.91 Å². The zero-order chi connectivity index (χ0) is 18.5. The molecule has 2 aromatic rings. The molecule has 0 spiro atoms. The van der Waals surface area contributed by atoms with Crippen LogP contribution in [0.15, 0.2) is 24.3 Å². The number of rotatable bonds is 2. The van der Waals surface area contributed by atoms with E-state index in [0.717, 1.165) is 35.9 Å². The number of amides is 1. The highest BCUT2D eigenvalue weighted by molar-refractivity contribution is 6.31. The summed E-state index contributed by atoms with van der Waals surface area (Å²) in [5.74, 6) is -0.0409. The van der Waals surface area contributed by atoms with Crippen LogP contribution in [0.25, 0.3) is 10.9 Å². The van der Waals surface area contributed by atoms with Gasteiger partial charge in [-0.3, -0.25) is 9.78 Å². The summed E-state index contributed by atoms with van der Waals surface area (Å²) in [4.78, 5) is 19.9. The van der Waals surface area contributed by atoms with Gasteiger partial charge >= 0.3 is 0 Å². The number of aromatic nitrogens is 1. The molecule has 1 saturated heterocycles. The zero-order valence-electron chi connectivity index (χ0n) is 15.0. The molecule has 2 heterocycles. The molecule has 138 valence electrons. The van der Waals surface area contributed by atoms with Crippen molar-refractivity contribution in [2.24, 2.45) is 0 Å². The number of methoxy groups -OCH3 is 1. The molecule has 1 amide bonds. The Labute approximate surface area is 157 Å². The molecule has 0 bridgehead atoms. The lowest BCUT2D eigenvalue weighted by molar-refractivity contribution is -0.0824. The number of aliphatic hydroxyl groups excluding tert-OH is 1. The molecular weight excluding hydrogens is 352 g/mol. The van der Waals surface area contributed by atoms with Gasteiger partial charge in [-0.2, -0.15) is 0 Å². The highest BCUT2D eigenvalue weighted by Gasteiger charge is 2.52. The lowest BCUT2D eigenvalue weighted by atomic mass is 9.79. The first kappa shape index (κ1) is 17.7. The third-order valence-corrected chi connectivity index (χ3v) is 6.19. The fourth-order valence-electron chi connectivity index (χ4n) is 4.58. The Bertz CT molecular complexity index is 872. The summed E-state index contributed by atoms with van der Waals surface area (Å²) >= 11 is 6.16. The smallest absolute Gasteiger partial charge is 0.254 e. The predicted octanol–water partition coefficient (Wildman–Crippen LogP) is 3.34. The summed E-state index contributed by atoms with van der Waals surface area (Å²) in [6.07, 6.45) is 2.47. The number of benzene rings is 1. The van der Waals surface area contributed by atoms with E-state index in [9.17, 15) is 9.90 Å². The Hall–Kier alpha value is -1.69. The lowest BCUT2D eigenvalue weighted by Crippen LogP contribution is -2.52. The van der Waals surface area contributed by atoms with Crippen LogP contribution < -0.4 is 0 Å². The number of carbonyl (C=O) groups is 1. The molecule has 2 aliphatic rings. The van der Waals surface area contributed by atoms with Gasteiger partial charge in [0, 0.05) is 29.8 Å². The SMILES string of the molecule is CO[C@@]12CCC(O)CC1N(C(=O)c1cc(C)nc3ccc(Cl)cc13)CC2. The number of pyridine rings is 1. The summed E-state index contributed by atoms with van der Waals surface area (Å²) in [6.45, 7) is 2.52. The van der Waals surface area contributed by atoms with Crippen molar-refractivity contribution in [1.29, 1.82) is 0 Å². The molecule has 5 nitrogen and oxygen atoms in total. The van der Waals surface area contributed by atoms with Crippen LogP contribution in [-0.4, -0.2) is 52.3 Å². The van der Waals surface area contributed by atoms with Crippen LogP contribution in [-0.2, 0) is 4.74 Å². The summed E-state index contributed by atoms with van der Waals surface area (Å²) in [6, 6.07) is 7.15. The number of likely N-dealkylation sites (tertiary alicyclic amines) is 1. The standard InChI is InChI=1S/C20H23ClN2O3/c1-12-9-16(15-10-13(21)3-4-17(15)22-12)19(25)23-8-7-20(26-2)6-5-14(24)11-18(20)23/h3-4,9-10,14,18,24H,5-8,11H2,1-2H3/t14?,18?,20-/m1/s1. The van der Waals surface area contributed by atoms with Crippen LogP contribution in [0.4, 0.5) is 0 Å². The minimum absolute atomic E-state index is 0.0409. The van der Waals surface area contributed by atoms with Crippen molar-refractivity contribution < 1.29 is 14.6 Å². The van der Waals surface area contributed by atoms with Crippen LogP contribution in [0, 0.1) is 6.92 Å². The maximum absolute atomic E-state index is 13.5. The molecule has 26 heavy (non-hydrogen) atoms. The molecule has 1 aliphatic heterocycles. The van der Waals surface area contributed by atoms with Crippen molar-refractivity contribution in [3.05, 3.63) is 40.5 Å². The van der Waals surface area contributed by atoms with Crippen molar-refractivity contribution in [2.75, 3.05) is 13.7 Å². The van der Waals surface area contributed by atoms with Gasteiger partial charge in [0.2, 0.25) is 0 Å². The first-order valence-electron chi connectivity index (χ1n) is 9.04. The van der Waals surface area contributed by atoms with Gasteiger partial charge in [0.1, 0.15) is 0 Å². The van der Waals surface area contributed by atoms with Crippen molar-refractivity contribution in [3.63, 3.8) is 0 Å². The number of aryl methyl sites for hydroxylation is 1. The van der Waals surface area contributed by atoms with E-state index in [-0.39, 0.29) is 23.7 Å². The van der Waals surface area contributed by atoms with E-state index in [1.54, 1.807) is 19.2 Å². The topological polar surface area (TPSA) is 62.7 Å². The first-order chi connectivity index (χ1) is 12.4. The van der Waals surface area contributed by atoms with Crippen LogP contribution >= 0.6 is 11.6 Å². The minimum Gasteiger partial charge on any atom is -0.393 e. The molecule has 1 aromatic carbocycles. The number of ether oxygens (including phenoxy) is 1. The average molecular weight is 375 g/mol. The van der Waals surface area contributed by atoms with Crippen molar-refractivity contribution >= 4 is 28.4 Å². The van der Waals surface area contributed by atoms with Gasteiger partial charge in [0.15, 0.2) is 0 Å². The molecule has 1 N–H and O–H groups in total. The Kier molecular flexibility index (Phi) is 4.41. The quantitative estimate of drug-likeness (QED) is 0.875. The van der Waals surface area contributed by atoms with Crippen molar-refractivity contribution in [3.8, 4) is 0 Å². The second kappa shape index (κ2) is 6.48. The van der Waals surface area contributed by atoms with Gasteiger partial charge in [0.05, 0.1) is 28.8 Å². The molecule has 1 aromatic heterocycles. The molecule has 4 rings (SSSR count). The predicted molar refractivity (Wildman–Crippen MR) is 101 cm³/mol. The van der Waals surface area contributed by atoms with E-state index < -0.39 is 0 Å². The average Bonchev–Trinajstić information content (AvgIpc) is 3.00. The summed E-state index contributed by atoms with van der Waals surface area (Å²) in [7, 11) is 1.71. The number of carbonyl (C=O) groups excluding carboxylic acids is 1. The Morgan fingerprint density at radius 3 is 2.96 bits per heavy atom.